The second-order valence-electron chi connectivity index (χ2n) is 5.93. The first-order chi connectivity index (χ1) is 10.1. The summed E-state index contributed by atoms with van der Waals surface area (Å²) in [7, 11) is 0. The van der Waals surface area contributed by atoms with Gasteiger partial charge in [0, 0.05) is 13.1 Å². The first kappa shape index (κ1) is 16.0. The highest BCUT2D eigenvalue weighted by Crippen LogP contribution is 2.22. The molecule has 21 heavy (non-hydrogen) atoms. The lowest BCUT2D eigenvalue weighted by Gasteiger charge is -2.33. The lowest BCUT2D eigenvalue weighted by atomic mass is 9.89. The van der Waals surface area contributed by atoms with Gasteiger partial charge in [0.2, 0.25) is 5.91 Å². The molecule has 4 nitrogen and oxygen atoms in total. The van der Waals surface area contributed by atoms with Gasteiger partial charge in [0.1, 0.15) is 6.04 Å². The fraction of sp³-hybridized carbons (Fsp3) is 0.588. The molecule has 4 heteroatoms. The number of nitrogens with zero attached hydrogens (tertiary/aromatic N) is 1. The molecule has 1 amide bonds. The molecule has 1 heterocycles. The largest absolute Gasteiger partial charge is 0.394 e. The van der Waals surface area contributed by atoms with E-state index in [0.29, 0.717) is 5.92 Å². The predicted octanol–water partition coefficient (Wildman–Crippen LogP) is 1.35. The van der Waals surface area contributed by atoms with Crippen molar-refractivity contribution in [2.75, 3.05) is 19.7 Å². The summed E-state index contributed by atoms with van der Waals surface area (Å²) in [5.41, 5.74) is 8.34. The van der Waals surface area contributed by atoms with Crippen LogP contribution in [0, 0.1) is 5.92 Å². The summed E-state index contributed by atoms with van der Waals surface area (Å²) in [5, 5.41) is 8.95. The molecule has 1 unspecified atom stereocenters. The van der Waals surface area contributed by atoms with Crippen LogP contribution in [-0.2, 0) is 17.6 Å². The number of aliphatic hydroxyl groups is 1. The number of nitrogens with two attached hydrogens (primary N) is 1. The van der Waals surface area contributed by atoms with Crippen LogP contribution in [0.3, 0.4) is 0 Å². The summed E-state index contributed by atoms with van der Waals surface area (Å²) in [6.07, 6.45) is 4.18. The van der Waals surface area contributed by atoms with Gasteiger partial charge in [-0.3, -0.25) is 4.79 Å². The molecular formula is C17H26N2O2. The van der Waals surface area contributed by atoms with Crippen LogP contribution in [0.4, 0.5) is 0 Å². The van der Waals surface area contributed by atoms with Crippen molar-refractivity contribution in [2.45, 2.75) is 38.6 Å². The van der Waals surface area contributed by atoms with E-state index < -0.39 is 6.04 Å². The quantitative estimate of drug-likeness (QED) is 0.860. The lowest BCUT2D eigenvalue weighted by molar-refractivity contribution is -0.134. The van der Waals surface area contributed by atoms with Crippen LogP contribution in [-0.4, -0.2) is 41.7 Å². The first-order valence-electron chi connectivity index (χ1n) is 7.87. The van der Waals surface area contributed by atoms with E-state index in [1.807, 2.05) is 0 Å². The average molecular weight is 290 g/mol. The van der Waals surface area contributed by atoms with Gasteiger partial charge in [-0.25, -0.2) is 0 Å². The third kappa shape index (κ3) is 4.29. The van der Waals surface area contributed by atoms with Crippen LogP contribution >= 0.6 is 0 Å². The van der Waals surface area contributed by atoms with Crippen molar-refractivity contribution in [3.63, 3.8) is 0 Å². The third-order valence-corrected chi connectivity index (χ3v) is 4.40. The fourth-order valence-corrected chi connectivity index (χ4v) is 2.91. The van der Waals surface area contributed by atoms with Gasteiger partial charge in [0.05, 0.1) is 6.61 Å². The van der Waals surface area contributed by atoms with Crippen LogP contribution in [0.1, 0.15) is 30.9 Å². The maximum atomic E-state index is 11.9. The van der Waals surface area contributed by atoms with Gasteiger partial charge in [0.25, 0.3) is 0 Å². The zero-order valence-corrected chi connectivity index (χ0v) is 12.8. The fourth-order valence-electron chi connectivity index (χ4n) is 2.91. The normalized spacial score (nSPS) is 17.8. The number of benzene rings is 1. The Morgan fingerprint density at radius 2 is 1.86 bits per heavy atom. The maximum Gasteiger partial charge on any atom is 0.241 e. The van der Waals surface area contributed by atoms with E-state index in [-0.39, 0.29) is 12.5 Å². The van der Waals surface area contributed by atoms with E-state index in [4.69, 9.17) is 10.8 Å². The molecule has 1 aliphatic rings. The number of rotatable bonds is 5. The van der Waals surface area contributed by atoms with E-state index in [1.165, 1.54) is 11.1 Å². The second-order valence-corrected chi connectivity index (χ2v) is 5.93. The Balaban J connectivity index is 1.82. The Morgan fingerprint density at radius 3 is 2.38 bits per heavy atom. The van der Waals surface area contributed by atoms with Gasteiger partial charge in [-0.15, -0.1) is 0 Å². The Bertz CT molecular complexity index is 450. The lowest BCUT2D eigenvalue weighted by Crippen LogP contribution is -2.48. The average Bonchev–Trinajstić information content (AvgIpc) is 2.55. The number of amides is 1. The van der Waals surface area contributed by atoms with Crippen LogP contribution in [0.15, 0.2) is 24.3 Å². The summed E-state index contributed by atoms with van der Waals surface area (Å²) < 4.78 is 0. The molecule has 116 valence electrons. The minimum atomic E-state index is -0.761. The number of aliphatic hydroxyl groups excluding tert-OH is 1. The van der Waals surface area contributed by atoms with E-state index in [1.54, 1.807) is 4.90 Å². The molecule has 1 aromatic rings. The van der Waals surface area contributed by atoms with Crippen molar-refractivity contribution in [1.29, 1.82) is 0 Å². The predicted molar refractivity (Wildman–Crippen MR) is 83.9 cm³/mol. The number of piperidine rings is 1. The van der Waals surface area contributed by atoms with Crippen LogP contribution in [0.25, 0.3) is 0 Å². The zero-order valence-electron chi connectivity index (χ0n) is 12.8. The molecular weight excluding hydrogens is 264 g/mol. The smallest absolute Gasteiger partial charge is 0.241 e. The van der Waals surface area contributed by atoms with Crippen molar-refractivity contribution < 1.29 is 9.90 Å². The minimum Gasteiger partial charge on any atom is -0.394 e. The summed E-state index contributed by atoms with van der Waals surface area (Å²) in [6.45, 7) is 3.40. The van der Waals surface area contributed by atoms with Gasteiger partial charge in [0.15, 0.2) is 0 Å². The molecule has 1 atom stereocenters. The molecule has 2 rings (SSSR count). The number of aryl methyl sites for hydroxylation is 1. The molecule has 0 bridgehead atoms. The van der Waals surface area contributed by atoms with Gasteiger partial charge in [-0.2, -0.15) is 0 Å². The van der Waals surface area contributed by atoms with Crippen LogP contribution in [0.2, 0.25) is 0 Å². The first-order valence-corrected chi connectivity index (χ1v) is 7.87. The van der Waals surface area contributed by atoms with E-state index in [2.05, 4.69) is 31.2 Å². The van der Waals surface area contributed by atoms with E-state index in [0.717, 1.165) is 38.8 Å². The molecule has 1 aliphatic heterocycles. The van der Waals surface area contributed by atoms with Crippen molar-refractivity contribution in [3.8, 4) is 0 Å². The topological polar surface area (TPSA) is 66.6 Å². The zero-order chi connectivity index (χ0) is 15.2. The number of hydrogen-bond donors (Lipinski definition) is 2. The molecule has 0 radical (unpaired) electrons. The second kappa shape index (κ2) is 7.57. The summed E-state index contributed by atoms with van der Waals surface area (Å²) in [5.74, 6) is 0.509. The van der Waals surface area contributed by atoms with Gasteiger partial charge >= 0.3 is 0 Å². The van der Waals surface area contributed by atoms with E-state index in [9.17, 15) is 4.79 Å². The van der Waals surface area contributed by atoms with Crippen molar-refractivity contribution in [1.82, 2.24) is 4.90 Å². The number of likely N-dealkylation sites (tertiary alicyclic amines) is 1. The molecule has 1 aromatic carbocycles. The summed E-state index contributed by atoms with van der Waals surface area (Å²) in [6, 6.07) is 8.08. The Morgan fingerprint density at radius 1 is 1.29 bits per heavy atom. The van der Waals surface area contributed by atoms with Crippen molar-refractivity contribution in [2.24, 2.45) is 11.7 Å². The Kier molecular flexibility index (Phi) is 5.76. The van der Waals surface area contributed by atoms with Gasteiger partial charge in [-0.1, -0.05) is 31.2 Å². The molecule has 1 fully saturated rings. The molecule has 1 saturated heterocycles. The molecule has 3 N–H and O–H groups in total. The highest BCUT2D eigenvalue weighted by atomic mass is 16.3. The molecule has 0 aromatic heterocycles. The summed E-state index contributed by atoms with van der Waals surface area (Å²) >= 11 is 0. The number of carbonyl (C=O) groups is 1. The standard InChI is InChI=1S/C17H26N2O2/c1-2-13-3-5-14(6-4-13)11-15-7-9-19(10-8-15)17(21)16(18)12-20/h3-6,15-16,20H,2,7-12,18H2,1H3. The Labute approximate surface area is 126 Å². The Hall–Kier alpha value is -1.39. The number of carbonyl (C=O) groups excluding carboxylic acids is 1. The molecule has 0 spiro atoms. The highest BCUT2D eigenvalue weighted by Gasteiger charge is 2.25. The van der Waals surface area contributed by atoms with Crippen molar-refractivity contribution in [3.05, 3.63) is 35.4 Å². The highest BCUT2D eigenvalue weighted by molar-refractivity contribution is 5.81. The third-order valence-electron chi connectivity index (χ3n) is 4.40. The number of hydrogen-bond acceptors (Lipinski definition) is 3. The maximum absolute atomic E-state index is 11.9. The van der Waals surface area contributed by atoms with Crippen LogP contribution < -0.4 is 5.73 Å². The van der Waals surface area contributed by atoms with Gasteiger partial charge in [-0.05, 0) is 42.7 Å². The minimum absolute atomic E-state index is 0.122. The van der Waals surface area contributed by atoms with Crippen LogP contribution in [0.5, 0.6) is 0 Å². The summed E-state index contributed by atoms with van der Waals surface area (Å²) in [4.78, 5) is 13.7. The van der Waals surface area contributed by atoms with Crippen molar-refractivity contribution >= 4 is 5.91 Å². The molecule has 0 aliphatic carbocycles. The van der Waals surface area contributed by atoms with E-state index >= 15 is 0 Å². The SMILES string of the molecule is CCc1ccc(CC2CCN(C(=O)C(N)CO)CC2)cc1. The molecule has 0 saturated carbocycles. The van der Waals surface area contributed by atoms with Gasteiger partial charge < -0.3 is 15.7 Å². The monoisotopic (exact) mass is 290 g/mol.